The molecule has 0 aromatic carbocycles. The third-order valence-electron chi connectivity index (χ3n) is 5.01. The zero-order chi connectivity index (χ0) is 13.6. The molecular formula is C15H27N3O. The monoisotopic (exact) mass is 265 g/mol. The van der Waals surface area contributed by atoms with E-state index in [1.165, 1.54) is 19.4 Å². The number of hydrogen-bond acceptors (Lipinski definition) is 3. The van der Waals surface area contributed by atoms with Crippen molar-refractivity contribution in [2.75, 3.05) is 20.1 Å². The van der Waals surface area contributed by atoms with E-state index in [1.807, 2.05) is 0 Å². The fourth-order valence-electron chi connectivity index (χ4n) is 3.64. The van der Waals surface area contributed by atoms with Crippen LogP contribution >= 0.6 is 0 Å². The molecule has 4 nitrogen and oxygen atoms in total. The van der Waals surface area contributed by atoms with E-state index in [0.29, 0.717) is 17.9 Å². The molecule has 2 unspecified atom stereocenters. The normalized spacial score (nSPS) is 33.9. The molecule has 1 spiro atoms. The summed E-state index contributed by atoms with van der Waals surface area (Å²) in [6.45, 7) is 6.58. The SMILES string of the molecule is CC(C)CC1NC2(CC2)C(=O)N1CC1CCCN1C. The van der Waals surface area contributed by atoms with Gasteiger partial charge in [-0.2, -0.15) is 0 Å². The van der Waals surface area contributed by atoms with Gasteiger partial charge in [-0.3, -0.25) is 10.1 Å². The van der Waals surface area contributed by atoms with Gasteiger partial charge in [-0.05, 0) is 51.6 Å². The molecule has 2 atom stereocenters. The third kappa shape index (κ3) is 2.40. The maximum atomic E-state index is 12.6. The van der Waals surface area contributed by atoms with Crippen molar-refractivity contribution in [3.8, 4) is 0 Å². The minimum absolute atomic E-state index is 0.156. The second-order valence-electron chi connectivity index (χ2n) is 7.11. The molecule has 4 heteroatoms. The van der Waals surface area contributed by atoms with Gasteiger partial charge >= 0.3 is 0 Å². The summed E-state index contributed by atoms with van der Waals surface area (Å²) in [6.07, 6.45) is 5.93. The van der Waals surface area contributed by atoms with Gasteiger partial charge in [0.15, 0.2) is 0 Å². The van der Waals surface area contributed by atoms with Crippen LogP contribution < -0.4 is 5.32 Å². The predicted octanol–water partition coefficient (Wildman–Crippen LogP) is 1.42. The summed E-state index contributed by atoms with van der Waals surface area (Å²) < 4.78 is 0. The first-order valence-electron chi connectivity index (χ1n) is 7.81. The summed E-state index contributed by atoms with van der Waals surface area (Å²) in [5.41, 5.74) is -0.156. The molecule has 3 aliphatic rings. The van der Waals surface area contributed by atoms with Crippen LogP contribution in [-0.4, -0.2) is 53.6 Å². The molecule has 2 heterocycles. The number of nitrogens with zero attached hydrogens (tertiary/aromatic N) is 2. The number of rotatable bonds is 4. The number of likely N-dealkylation sites (N-methyl/N-ethyl adjacent to an activating group) is 1. The molecule has 1 N–H and O–H groups in total. The second-order valence-corrected chi connectivity index (χ2v) is 7.11. The molecule has 0 aromatic heterocycles. The Hall–Kier alpha value is -0.610. The molecule has 108 valence electrons. The fourth-order valence-corrected chi connectivity index (χ4v) is 3.64. The van der Waals surface area contributed by atoms with Crippen LogP contribution in [-0.2, 0) is 4.79 Å². The summed E-state index contributed by atoms with van der Waals surface area (Å²) in [7, 11) is 2.19. The average molecular weight is 265 g/mol. The Labute approximate surface area is 116 Å². The minimum Gasteiger partial charge on any atom is -0.324 e. The zero-order valence-electron chi connectivity index (χ0n) is 12.5. The number of hydrogen-bond donors (Lipinski definition) is 1. The van der Waals surface area contributed by atoms with Crippen molar-refractivity contribution in [2.24, 2.45) is 5.92 Å². The Morgan fingerprint density at radius 2 is 2.16 bits per heavy atom. The van der Waals surface area contributed by atoms with E-state index in [9.17, 15) is 4.79 Å². The Kier molecular flexibility index (Phi) is 3.34. The first kappa shape index (κ1) is 13.4. The first-order valence-corrected chi connectivity index (χ1v) is 7.81. The van der Waals surface area contributed by atoms with Gasteiger partial charge in [0, 0.05) is 12.6 Å². The Bertz CT molecular complexity index is 364. The molecule has 3 rings (SSSR count). The average Bonchev–Trinajstić information content (AvgIpc) is 2.94. The van der Waals surface area contributed by atoms with Gasteiger partial charge in [-0.1, -0.05) is 13.8 Å². The van der Waals surface area contributed by atoms with E-state index in [4.69, 9.17) is 0 Å². The molecule has 0 aromatic rings. The lowest BCUT2D eigenvalue weighted by Gasteiger charge is -2.30. The van der Waals surface area contributed by atoms with Crippen molar-refractivity contribution in [3.63, 3.8) is 0 Å². The van der Waals surface area contributed by atoms with Gasteiger partial charge in [0.05, 0.1) is 11.7 Å². The standard InChI is InChI=1S/C15H27N3O/c1-11(2)9-13-16-15(6-7-15)14(19)18(13)10-12-5-4-8-17(12)3/h11-13,16H,4-10H2,1-3H3. The lowest BCUT2D eigenvalue weighted by Crippen LogP contribution is -2.45. The van der Waals surface area contributed by atoms with Crippen molar-refractivity contribution in [1.82, 2.24) is 15.1 Å². The first-order chi connectivity index (χ1) is 9.02. The van der Waals surface area contributed by atoms with E-state index in [1.54, 1.807) is 0 Å². The zero-order valence-corrected chi connectivity index (χ0v) is 12.5. The summed E-state index contributed by atoms with van der Waals surface area (Å²) in [5, 5.41) is 3.62. The summed E-state index contributed by atoms with van der Waals surface area (Å²) in [4.78, 5) is 17.2. The van der Waals surface area contributed by atoms with Gasteiger partial charge in [-0.15, -0.1) is 0 Å². The topological polar surface area (TPSA) is 35.6 Å². The van der Waals surface area contributed by atoms with Crippen molar-refractivity contribution in [1.29, 1.82) is 0 Å². The lowest BCUT2D eigenvalue weighted by molar-refractivity contribution is -0.131. The molecule has 0 radical (unpaired) electrons. The van der Waals surface area contributed by atoms with Crippen molar-refractivity contribution in [3.05, 3.63) is 0 Å². The molecule has 1 amide bonds. The van der Waals surface area contributed by atoms with E-state index in [2.05, 4.69) is 36.0 Å². The summed E-state index contributed by atoms with van der Waals surface area (Å²) >= 11 is 0. The van der Waals surface area contributed by atoms with Crippen molar-refractivity contribution in [2.45, 2.75) is 63.7 Å². The highest BCUT2D eigenvalue weighted by atomic mass is 16.2. The van der Waals surface area contributed by atoms with Gasteiger partial charge in [-0.25, -0.2) is 0 Å². The van der Waals surface area contributed by atoms with Crippen LogP contribution in [0.3, 0.4) is 0 Å². The van der Waals surface area contributed by atoms with Gasteiger partial charge < -0.3 is 9.80 Å². The van der Waals surface area contributed by atoms with Crippen LogP contribution in [0.2, 0.25) is 0 Å². The maximum Gasteiger partial charge on any atom is 0.244 e. The van der Waals surface area contributed by atoms with Gasteiger partial charge in [0.2, 0.25) is 5.91 Å². The molecular weight excluding hydrogens is 238 g/mol. The number of carbonyl (C=O) groups is 1. The van der Waals surface area contributed by atoms with Gasteiger partial charge in [0.1, 0.15) is 0 Å². The highest BCUT2D eigenvalue weighted by Gasteiger charge is 2.59. The van der Waals surface area contributed by atoms with Crippen LogP contribution in [0.5, 0.6) is 0 Å². The Balaban J connectivity index is 1.70. The van der Waals surface area contributed by atoms with Crippen molar-refractivity contribution < 1.29 is 4.79 Å². The fraction of sp³-hybridized carbons (Fsp3) is 0.933. The highest BCUT2D eigenvalue weighted by molar-refractivity contribution is 5.91. The molecule has 0 bridgehead atoms. The van der Waals surface area contributed by atoms with Crippen molar-refractivity contribution >= 4 is 5.91 Å². The minimum atomic E-state index is -0.156. The number of nitrogens with one attached hydrogen (secondary N) is 1. The molecule has 19 heavy (non-hydrogen) atoms. The smallest absolute Gasteiger partial charge is 0.244 e. The molecule has 1 aliphatic carbocycles. The molecule has 1 saturated carbocycles. The van der Waals surface area contributed by atoms with E-state index < -0.39 is 0 Å². The molecule has 2 aliphatic heterocycles. The van der Waals surface area contributed by atoms with Gasteiger partial charge in [0.25, 0.3) is 0 Å². The predicted molar refractivity (Wildman–Crippen MR) is 75.7 cm³/mol. The molecule has 2 saturated heterocycles. The largest absolute Gasteiger partial charge is 0.324 e. The number of likely N-dealkylation sites (tertiary alicyclic amines) is 1. The Morgan fingerprint density at radius 1 is 1.42 bits per heavy atom. The van der Waals surface area contributed by atoms with E-state index >= 15 is 0 Å². The Morgan fingerprint density at radius 3 is 2.68 bits per heavy atom. The van der Waals surface area contributed by atoms with Crippen LogP contribution in [0.15, 0.2) is 0 Å². The van der Waals surface area contributed by atoms with E-state index in [-0.39, 0.29) is 11.7 Å². The van der Waals surface area contributed by atoms with E-state index in [0.717, 1.165) is 25.8 Å². The quantitative estimate of drug-likeness (QED) is 0.835. The lowest BCUT2D eigenvalue weighted by atomic mass is 10.1. The summed E-state index contributed by atoms with van der Waals surface area (Å²) in [6, 6.07) is 0.564. The third-order valence-corrected chi connectivity index (χ3v) is 5.01. The maximum absolute atomic E-state index is 12.6. The number of amides is 1. The van der Waals surface area contributed by atoms with Crippen LogP contribution in [0, 0.1) is 5.92 Å². The van der Waals surface area contributed by atoms with Crippen LogP contribution in [0.25, 0.3) is 0 Å². The van der Waals surface area contributed by atoms with Crippen LogP contribution in [0.1, 0.15) is 46.0 Å². The summed E-state index contributed by atoms with van der Waals surface area (Å²) in [5.74, 6) is 1.00. The second kappa shape index (κ2) is 4.74. The van der Waals surface area contributed by atoms with Crippen LogP contribution in [0.4, 0.5) is 0 Å². The number of carbonyl (C=O) groups excluding carboxylic acids is 1. The highest BCUT2D eigenvalue weighted by Crippen LogP contribution is 2.43. The molecule has 3 fully saturated rings.